The van der Waals surface area contributed by atoms with Gasteiger partial charge in [-0.25, -0.2) is 0 Å². The molecule has 3 N–H and O–H groups in total. The van der Waals surface area contributed by atoms with E-state index in [1.165, 1.54) is 38.5 Å². The van der Waals surface area contributed by atoms with Gasteiger partial charge in [0.25, 0.3) is 0 Å². The molecule has 30 heavy (non-hydrogen) atoms. The van der Waals surface area contributed by atoms with Crippen molar-refractivity contribution in [2.75, 3.05) is 0 Å². The largest absolute Gasteiger partial charge is 0.393 e. The van der Waals surface area contributed by atoms with Crippen LogP contribution in [0.2, 0.25) is 0 Å². The van der Waals surface area contributed by atoms with E-state index < -0.39 is 17.8 Å². The molecule has 3 nitrogen and oxygen atoms in total. The van der Waals surface area contributed by atoms with Gasteiger partial charge in [-0.15, -0.1) is 0 Å². The van der Waals surface area contributed by atoms with Crippen molar-refractivity contribution >= 4 is 0 Å². The second-order valence-electron chi connectivity index (χ2n) is 11.3. The highest BCUT2D eigenvalue weighted by Crippen LogP contribution is 2.60. The third-order valence-electron chi connectivity index (χ3n) is 8.44. The van der Waals surface area contributed by atoms with Crippen LogP contribution in [0.4, 0.5) is 0 Å². The van der Waals surface area contributed by atoms with Crippen LogP contribution >= 0.6 is 0 Å². The Morgan fingerprint density at radius 3 is 2.67 bits per heavy atom. The van der Waals surface area contributed by atoms with Gasteiger partial charge in [-0.2, -0.15) is 0 Å². The lowest BCUT2D eigenvalue weighted by Gasteiger charge is -2.44. The lowest BCUT2D eigenvalue weighted by atomic mass is 9.60. The van der Waals surface area contributed by atoms with Gasteiger partial charge in [0.15, 0.2) is 0 Å². The third kappa shape index (κ3) is 5.29. The van der Waals surface area contributed by atoms with Crippen molar-refractivity contribution in [2.45, 2.75) is 110 Å². The quantitative estimate of drug-likeness (QED) is 0.520. The Kier molecular flexibility index (Phi) is 7.37. The molecule has 0 aromatic heterocycles. The SMILES string of the molecule is C=C1/C(=C/C=C2\CCC[C@@]3(C)C2CCC3[C@@H](C)CCCC(C)(C)O)C[C@@H](O)C[C@@H]1O. The Morgan fingerprint density at radius 1 is 1.23 bits per heavy atom. The minimum absolute atomic E-state index is 0.374. The average molecular weight is 417 g/mol. The maximum absolute atomic E-state index is 10.1. The highest BCUT2D eigenvalue weighted by molar-refractivity contribution is 5.38. The van der Waals surface area contributed by atoms with E-state index in [2.05, 4.69) is 32.6 Å². The maximum atomic E-state index is 10.1. The molecule has 0 amide bonds. The Balaban J connectivity index is 1.70. The van der Waals surface area contributed by atoms with E-state index in [4.69, 9.17) is 0 Å². The zero-order valence-corrected chi connectivity index (χ0v) is 19.7. The molecule has 3 aliphatic rings. The van der Waals surface area contributed by atoms with Crippen molar-refractivity contribution in [1.82, 2.24) is 0 Å². The van der Waals surface area contributed by atoms with Gasteiger partial charge in [-0.05, 0) is 93.1 Å². The van der Waals surface area contributed by atoms with Gasteiger partial charge in [0.2, 0.25) is 0 Å². The minimum Gasteiger partial charge on any atom is -0.393 e. The molecule has 0 bridgehead atoms. The predicted octanol–water partition coefficient (Wildman–Crippen LogP) is 5.70. The van der Waals surface area contributed by atoms with Gasteiger partial charge >= 0.3 is 0 Å². The molecule has 0 aliphatic heterocycles. The van der Waals surface area contributed by atoms with Crippen molar-refractivity contribution in [3.8, 4) is 0 Å². The minimum atomic E-state index is -0.615. The number of aliphatic hydroxyl groups is 3. The number of aliphatic hydroxyl groups excluding tert-OH is 2. The number of rotatable bonds is 6. The molecule has 2 unspecified atom stereocenters. The Labute approximate surface area is 184 Å². The van der Waals surface area contributed by atoms with Crippen molar-refractivity contribution in [1.29, 1.82) is 0 Å². The van der Waals surface area contributed by atoms with Gasteiger partial charge in [0, 0.05) is 6.42 Å². The maximum Gasteiger partial charge on any atom is 0.0811 e. The molecule has 6 atom stereocenters. The van der Waals surface area contributed by atoms with Gasteiger partial charge in [0.05, 0.1) is 17.8 Å². The molecule has 3 rings (SSSR count). The Bertz CT molecular complexity index is 683. The smallest absolute Gasteiger partial charge is 0.0811 e. The number of hydrogen-bond acceptors (Lipinski definition) is 3. The normalized spacial score (nSPS) is 38.8. The van der Waals surface area contributed by atoms with Crippen LogP contribution in [0.1, 0.15) is 91.9 Å². The zero-order valence-electron chi connectivity index (χ0n) is 19.7. The fourth-order valence-corrected chi connectivity index (χ4v) is 6.74. The van der Waals surface area contributed by atoms with Gasteiger partial charge < -0.3 is 15.3 Å². The fraction of sp³-hybridized carbons (Fsp3) is 0.778. The van der Waals surface area contributed by atoms with E-state index in [9.17, 15) is 15.3 Å². The van der Waals surface area contributed by atoms with Crippen LogP contribution in [-0.2, 0) is 0 Å². The van der Waals surface area contributed by atoms with Crippen LogP contribution in [0.5, 0.6) is 0 Å². The molecule has 3 heteroatoms. The summed E-state index contributed by atoms with van der Waals surface area (Å²) >= 11 is 0. The summed E-state index contributed by atoms with van der Waals surface area (Å²) < 4.78 is 0. The summed E-state index contributed by atoms with van der Waals surface area (Å²) in [6.07, 6.45) is 13.9. The molecule has 0 spiro atoms. The van der Waals surface area contributed by atoms with Crippen LogP contribution in [-0.4, -0.2) is 33.1 Å². The van der Waals surface area contributed by atoms with Crippen LogP contribution in [0.25, 0.3) is 0 Å². The molecule has 0 aromatic carbocycles. The second-order valence-corrected chi connectivity index (χ2v) is 11.3. The van der Waals surface area contributed by atoms with E-state index >= 15 is 0 Å². The van der Waals surface area contributed by atoms with Crippen molar-refractivity contribution in [3.05, 3.63) is 35.5 Å². The van der Waals surface area contributed by atoms with Gasteiger partial charge in [0.1, 0.15) is 0 Å². The number of fused-ring (bicyclic) bond motifs is 1. The van der Waals surface area contributed by atoms with E-state index in [0.29, 0.717) is 30.1 Å². The summed E-state index contributed by atoms with van der Waals surface area (Å²) in [5, 5.41) is 30.2. The van der Waals surface area contributed by atoms with Crippen LogP contribution in [0.3, 0.4) is 0 Å². The third-order valence-corrected chi connectivity index (χ3v) is 8.44. The molecule has 3 aliphatic carbocycles. The van der Waals surface area contributed by atoms with Gasteiger partial charge in [-0.3, -0.25) is 0 Å². The molecule has 3 saturated carbocycles. The molecule has 0 heterocycles. The van der Waals surface area contributed by atoms with E-state index in [0.717, 1.165) is 29.9 Å². The summed E-state index contributed by atoms with van der Waals surface area (Å²) in [5.41, 5.74) is 3.17. The lowest BCUT2D eigenvalue weighted by Crippen LogP contribution is -2.36. The second kappa shape index (κ2) is 9.30. The predicted molar refractivity (Wildman–Crippen MR) is 124 cm³/mol. The first-order valence-electron chi connectivity index (χ1n) is 12.2. The van der Waals surface area contributed by atoms with Crippen LogP contribution in [0.15, 0.2) is 35.5 Å². The Morgan fingerprint density at radius 2 is 1.97 bits per heavy atom. The monoisotopic (exact) mass is 416 g/mol. The van der Waals surface area contributed by atoms with E-state index in [-0.39, 0.29) is 0 Å². The Hall–Kier alpha value is -0.900. The molecule has 3 fully saturated rings. The first-order valence-corrected chi connectivity index (χ1v) is 12.2. The van der Waals surface area contributed by atoms with E-state index in [1.54, 1.807) is 5.57 Å². The highest BCUT2D eigenvalue weighted by atomic mass is 16.3. The molecule has 0 radical (unpaired) electrons. The summed E-state index contributed by atoms with van der Waals surface area (Å²) in [5.74, 6) is 2.11. The molecule has 170 valence electrons. The first kappa shape index (κ1) is 23.8. The van der Waals surface area contributed by atoms with E-state index in [1.807, 2.05) is 13.8 Å². The fourth-order valence-electron chi connectivity index (χ4n) is 6.74. The van der Waals surface area contributed by atoms with Crippen LogP contribution < -0.4 is 0 Å². The molecule has 0 saturated heterocycles. The highest BCUT2D eigenvalue weighted by Gasteiger charge is 2.50. The van der Waals surface area contributed by atoms with Crippen LogP contribution in [0, 0.1) is 23.2 Å². The zero-order chi connectivity index (χ0) is 22.1. The molecular weight excluding hydrogens is 372 g/mol. The van der Waals surface area contributed by atoms with Crippen molar-refractivity contribution in [2.24, 2.45) is 23.2 Å². The standard InChI is InChI=1S/C27H44O3/c1-18(8-6-14-26(3,4)30)23-12-13-24-20(9-7-15-27(23,24)5)10-11-21-16-22(28)17-25(29)19(21)2/h10-11,18,22-25,28-30H,2,6-9,12-17H2,1,3-5H3/b20-10+,21-11+/t18-,22+,23?,24?,25-,27+/m0/s1. The van der Waals surface area contributed by atoms with Crippen molar-refractivity contribution in [3.63, 3.8) is 0 Å². The molecular formula is C27H44O3. The summed E-state index contributed by atoms with van der Waals surface area (Å²) in [6, 6.07) is 0. The van der Waals surface area contributed by atoms with Crippen molar-refractivity contribution < 1.29 is 15.3 Å². The number of allylic oxidation sites excluding steroid dienone is 3. The van der Waals surface area contributed by atoms with Gasteiger partial charge in [-0.1, -0.05) is 51.0 Å². The first-order chi connectivity index (χ1) is 14.0. The number of hydrogen-bond donors (Lipinski definition) is 3. The topological polar surface area (TPSA) is 60.7 Å². The average Bonchev–Trinajstić information content (AvgIpc) is 3.00. The lowest BCUT2D eigenvalue weighted by molar-refractivity contribution is 0.0596. The summed E-state index contributed by atoms with van der Waals surface area (Å²) in [4.78, 5) is 0. The summed E-state index contributed by atoms with van der Waals surface area (Å²) in [6.45, 7) is 12.8. The molecule has 0 aromatic rings. The summed E-state index contributed by atoms with van der Waals surface area (Å²) in [7, 11) is 0.